The molecule has 1 atom stereocenters. The third-order valence-electron chi connectivity index (χ3n) is 1.82. The van der Waals surface area contributed by atoms with Crippen molar-refractivity contribution in [3.63, 3.8) is 0 Å². The van der Waals surface area contributed by atoms with Crippen molar-refractivity contribution >= 4 is 42.3 Å². The Labute approximate surface area is 112 Å². The number of carboxylic acid groups (broad SMARTS) is 1. The molecule has 17 heavy (non-hydrogen) atoms. The van der Waals surface area contributed by atoms with Crippen molar-refractivity contribution < 1.29 is 29.0 Å². The van der Waals surface area contributed by atoms with E-state index < -0.39 is 31.7 Å². The normalized spacial score (nSPS) is 13.2. The number of rotatable bonds is 7. The highest BCUT2D eigenvalue weighted by atomic mass is 127. The molecule has 8 nitrogen and oxygen atoms in total. The smallest absolute Gasteiger partial charge is 0.334 e. The summed E-state index contributed by atoms with van der Waals surface area (Å²) in [6, 6.07) is -1.13. The van der Waals surface area contributed by atoms with Crippen LogP contribution in [0.4, 0.5) is 0 Å². The molecule has 5 N–H and O–H groups in total. The highest BCUT2D eigenvalue weighted by molar-refractivity contribution is 14.1. The molecule has 0 spiro atoms. The van der Waals surface area contributed by atoms with Gasteiger partial charge in [-0.15, -0.1) is 0 Å². The highest BCUT2D eigenvalue weighted by Crippen LogP contribution is 2.35. The fourth-order valence-electron chi connectivity index (χ4n) is 1.06. The number of hydrogen-bond acceptors (Lipinski definition) is 4. The molecule has 0 aliphatic carbocycles. The van der Waals surface area contributed by atoms with Gasteiger partial charge in [0.05, 0.1) is 22.9 Å². The van der Waals surface area contributed by atoms with E-state index in [1.807, 2.05) is 0 Å². The van der Waals surface area contributed by atoms with Crippen LogP contribution in [0, 0.1) is 0 Å². The lowest BCUT2D eigenvalue weighted by molar-refractivity contribution is -0.144. The van der Waals surface area contributed by atoms with E-state index in [0.717, 1.165) is 3.11 Å². The topological polar surface area (TPSA) is 141 Å². The molecule has 1 amide bonds. The van der Waals surface area contributed by atoms with Gasteiger partial charge in [-0.25, -0.2) is 4.79 Å². The van der Waals surface area contributed by atoms with Crippen LogP contribution in [0.1, 0.15) is 12.8 Å². The monoisotopic (exact) mass is 380 g/mol. The lowest BCUT2D eigenvalue weighted by Crippen LogP contribution is -2.40. The molecule has 0 rings (SSSR count). The first-order chi connectivity index (χ1) is 7.69. The molecule has 0 aromatic carbocycles. The van der Waals surface area contributed by atoms with Gasteiger partial charge >= 0.3 is 13.6 Å². The van der Waals surface area contributed by atoms with E-state index in [9.17, 15) is 14.2 Å². The van der Waals surface area contributed by atoms with E-state index in [1.165, 1.54) is 22.9 Å². The molecular formula is C7H14IN2O6P. The van der Waals surface area contributed by atoms with Crippen LogP contribution in [0.25, 0.3) is 0 Å². The van der Waals surface area contributed by atoms with E-state index in [1.54, 1.807) is 0 Å². The largest absolute Gasteiger partial charge is 0.480 e. The molecule has 0 aromatic heterocycles. The van der Waals surface area contributed by atoms with Gasteiger partial charge in [0.25, 0.3) is 0 Å². The van der Waals surface area contributed by atoms with Crippen molar-refractivity contribution in [1.82, 2.24) is 3.11 Å². The van der Waals surface area contributed by atoms with Gasteiger partial charge in [-0.05, 0) is 19.4 Å². The van der Waals surface area contributed by atoms with Gasteiger partial charge in [0, 0.05) is 0 Å². The maximum atomic E-state index is 11.4. The molecule has 1 unspecified atom stereocenters. The Morgan fingerprint density at radius 2 is 1.94 bits per heavy atom. The second kappa shape index (κ2) is 7.27. The molecule has 0 radical (unpaired) electrons. The molecular weight excluding hydrogens is 366 g/mol. The molecule has 0 heterocycles. The number of carbonyl (C=O) groups is 2. The Balaban J connectivity index is 4.60. The van der Waals surface area contributed by atoms with Gasteiger partial charge in [0.2, 0.25) is 5.91 Å². The average molecular weight is 380 g/mol. The predicted octanol–water partition coefficient (Wildman–Crippen LogP) is -0.465. The van der Waals surface area contributed by atoms with Crippen molar-refractivity contribution in [1.29, 1.82) is 0 Å². The summed E-state index contributed by atoms with van der Waals surface area (Å²) in [6.45, 7) is 0.279. The molecule has 0 fully saturated rings. The number of hydrogen-bond donors (Lipinski definition) is 4. The Kier molecular flexibility index (Phi) is 7.17. The average Bonchev–Trinajstić information content (AvgIpc) is 2.14. The number of carbonyl (C=O) groups excluding carboxylic acids is 1. The Bertz CT molecular complexity index is 332. The third kappa shape index (κ3) is 6.94. The van der Waals surface area contributed by atoms with Crippen molar-refractivity contribution in [2.24, 2.45) is 5.73 Å². The molecule has 0 saturated carbocycles. The van der Waals surface area contributed by atoms with Gasteiger partial charge < -0.3 is 20.6 Å². The molecule has 0 aromatic rings. The van der Waals surface area contributed by atoms with Crippen molar-refractivity contribution in [2.75, 3.05) is 12.7 Å². The lowest BCUT2D eigenvalue weighted by Gasteiger charge is -2.22. The minimum absolute atomic E-state index is 0.141. The first-order valence-corrected chi connectivity index (χ1v) is 7.40. The number of aliphatic carboxylic acids is 1. The summed E-state index contributed by atoms with van der Waals surface area (Å²) >= 11 is 1.44. The summed E-state index contributed by atoms with van der Waals surface area (Å²) in [4.78, 5) is 39.5. The number of halogens is 1. The Morgan fingerprint density at radius 3 is 2.29 bits per heavy atom. The minimum atomic E-state index is -4.49. The van der Waals surface area contributed by atoms with E-state index in [4.69, 9.17) is 20.6 Å². The zero-order valence-corrected chi connectivity index (χ0v) is 11.9. The van der Waals surface area contributed by atoms with Crippen LogP contribution in [0.2, 0.25) is 0 Å². The summed E-state index contributed by atoms with van der Waals surface area (Å²) in [6.07, 6.45) is -0.455. The van der Waals surface area contributed by atoms with Gasteiger partial charge in [-0.2, -0.15) is 0 Å². The van der Waals surface area contributed by atoms with Crippen molar-refractivity contribution in [2.45, 2.75) is 18.9 Å². The quantitative estimate of drug-likeness (QED) is 0.266. The number of nitrogens with two attached hydrogens (primary N) is 1. The predicted molar refractivity (Wildman–Crippen MR) is 67.5 cm³/mol. The Morgan fingerprint density at radius 1 is 1.41 bits per heavy atom. The number of amides is 1. The summed E-state index contributed by atoms with van der Waals surface area (Å²) in [5, 5.41) is 8.88. The van der Waals surface area contributed by atoms with Crippen molar-refractivity contribution in [3.8, 4) is 0 Å². The summed E-state index contributed by atoms with van der Waals surface area (Å²) in [7, 11) is -4.49. The van der Waals surface area contributed by atoms with E-state index in [-0.39, 0.29) is 13.0 Å². The molecule has 0 aliphatic heterocycles. The lowest BCUT2D eigenvalue weighted by atomic mass is 10.1. The van der Waals surface area contributed by atoms with Gasteiger partial charge in [-0.1, -0.05) is 0 Å². The fraction of sp³-hybridized carbons (Fsp3) is 0.714. The fourth-order valence-corrected chi connectivity index (χ4v) is 2.52. The van der Waals surface area contributed by atoms with Crippen LogP contribution < -0.4 is 5.73 Å². The van der Waals surface area contributed by atoms with Crippen LogP contribution in [-0.2, 0) is 14.2 Å². The van der Waals surface area contributed by atoms with Crippen molar-refractivity contribution in [3.05, 3.63) is 0 Å². The maximum absolute atomic E-state index is 11.4. The first kappa shape index (κ1) is 16.8. The van der Waals surface area contributed by atoms with Crippen LogP contribution in [0.15, 0.2) is 0 Å². The SMILES string of the molecule is NCCCC(C(=O)O)N(I)C(=O)CP(=O)(O)O. The van der Waals surface area contributed by atoms with Gasteiger partial charge in [0.15, 0.2) is 0 Å². The second-order valence-electron chi connectivity index (χ2n) is 3.31. The highest BCUT2D eigenvalue weighted by Gasteiger charge is 2.31. The number of carboxylic acids is 1. The standard InChI is InChI=1S/C7H14IN2O6P/c8-10(6(11)4-17(14,15)16)5(7(12)13)2-1-3-9/h5H,1-4,9H2,(H,12,13)(H2,14,15,16). The molecule has 100 valence electrons. The zero-order chi connectivity index (χ0) is 13.6. The van der Waals surface area contributed by atoms with Crippen LogP contribution >= 0.6 is 30.5 Å². The zero-order valence-electron chi connectivity index (χ0n) is 8.82. The van der Waals surface area contributed by atoms with Crippen LogP contribution in [0.5, 0.6) is 0 Å². The third-order valence-corrected chi connectivity index (χ3v) is 3.71. The van der Waals surface area contributed by atoms with Crippen LogP contribution in [0.3, 0.4) is 0 Å². The number of nitrogens with zero attached hydrogens (tertiary/aromatic N) is 1. The first-order valence-electron chi connectivity index (χ1n) is 4.64. The summed E-state index contributed by atoms with van der Waals surface area (Å²) in [5.74, 6) is -2.14. The molecule has 0 bridgehead atoms. The minimum Gasteiger partial charge on any atom is -0.480 e. The molecule has 0 aliphatic rings. The van der Waals surface area contributed by atoms with E-state index >= 15 is 0 Å². The molecule has 10 heteroatoms. The van der Waals surface area contributed by atoms with Gasteiger partial charge in [0.1, 0.15) is 12.2 Å². The summed E-state index contributed by atoms with van der Waals surface area (Å²) < 4.78 is 11.4. The second-order valence-corrected chi connectivity index (χ2v) is 6.00. The summed E-state index contributed by atoms with van der Waals surface area (Å²) in [5.41, 5.74) is 5.23. The Hall–Kier alpha value is -0.220. The van der Waals surface area contributed by atoms with E-state index in [2.05, 4.69) is 0 Å². The maximum Gasteiger partial charge on any atom is 0.334 e. The van der Waals surface area contributed by atoms with Gasteiger partial charge in [-0.3, -0.25) is 12.5 Å². The van der Waals surface area contributed by atoms with E-state index in [0.29, 0.717) is 6.42 Å². The van der Waals surface area contributed by atoms with Crippen LogP contribution in [-0.4, -0.2) is 48.6 Å². The molecule has 0 saturated heterocycles.